The van der Waals surface area contributed by atoms with E-state index < -0.39 is 11.9 Å². The Labute approximate surface area is 155 Å². The third kappa shape index (κ3) is 3.98. The van der Waals surface area contributed by atoms with E-state index in [1.807, 2.05) is 24.3 Å². The summed E-state index contributed by atoms with van der Waals surface area (Å²) in [6, 6.07) is 6.99. The number of aromatic nitrogens is 3. The summed E-state index contributed by atoms with van der Waals surface area (Å²) >= 11 is 1.28. The smallest absolute Gasteiger partial charge is 0.240 e. The van der Waals surface area contributed by atoms with Gasteiger partial charge in [0.1, 0.15) is 18.1 Å². The lowest BCUT2D eigenvalue weighted by Gasteiger charge is -2.33. The van der Waals surface area contributed by atoms with E-state index in [1.165, 1.54) is 11.8 Å². The first-order valence-corrected chi connectivity index (χ1v) is 9.34. The van der Waals surface area contributed by atoms with Crippen LogP contribution in [0.1, 0.15) is 19.3 Å². The maximum Gasteiger partial charge on any atom is 0.240 e. The molecule has 2 heterocycles. The maximum absolute atomic E-state index is 12.6. The maximum atomic E-state index is 12.6. The summed E-state index contributed by atoms with van der Waals surface area (Å²) in [7, 11) is 1.60. The third-order valence-electron chi connectivity index (χ3n) is 4.32. The Morgan fingerprint density at radius 2 is 2.23 bits per heavy atom. The molecule has 2 amide bonds. The average molecular weight is 375 g/mol. The zero-order valence-electron chi connectivity index (χ0n) is 14.5. The van der Waals surface area contributed by atoms with Crippen molar-refractivity contribution >= 4 is 23.6 Å². The van der Waals surface area contributed by atoms with Gasteiger partial charge in [0.25, 0.3) is 0 Å². The Morgan fingerprint density at radius 3 is 3.00 bits per heavy atom. The fourth-order valence-corrected chi connectivity index (χ4v) is 3.81. The van der Waals surface area contributed by atoms with Gasteiger partial charge in [-0.2, -0.15) is 0 Å². The van der Waals surface area contributed by atoms with Crippen LogP contribution in [0.4, 0.5) is 0 Å². The van der Waals surface area contributed by atoms with Gasteiger partial charge in [0.15, 0.2) is 5.16 Å². The molecule has 2 aromatic rings. The van der Waals surface area contributed by atoms with Gasteiger partial charge in [0.05, 0.1) is 18.6 Å². The van der Waals surface area contributed by atoms with Gasteiger partial charge < -0.3 is 15.4 Å². The van der Waals surface area contributed by atoms with Crippen molar-refractivity contribution in [2.45, 2.75) is 30.5 Å². The number of thioether (sulfide) groups is 1. The van der Waals surface area contributed by atoms with E-state index in [9.17, 15) is 9.59 Å². The van der Waals surface area contributed by atoms with E-state index in [0.717, 1.165) is 24.3 Å². The molecule has 0 unspecified atom stereocenters. The van der Waals surface area contributed by atoms with E-state index in [0.29, 0.717) is 18.1 Å². The van der Waals surface area contributed by atoms with Crippen LogP contribution < -0.4 is 10.5 Å². The molecule has 1 aliphatic rings. The summed E-state index contributed by atoms with van der Waals surface area (Å²) in [6.45, 7) is 0.565. The van der Waals surface area contributed by atoms with E-state index >= 15 is 0 Å². The van der Waals surface area contributed by atoms with Gasteiger partial charge >= 0.3 is 0 Å². The first kappa shape index (κ1) is 18.2. The minimum Gasteiger partial charge on any atom is -0.497 e. The van der Waals surface area contributed by atoms with Crippen molar-refractivity contribution in [3.05, 3.63) is 30.6 Å². The van der Waals surface area contributed by atoms with Gasteiger partial charge in [-0.25, -0.2) is 0 Å². The van der Waals surface area contributed by atoms with Crippen molar-refractivity contribution < 1.29 is 14.3 Å². The molecule has 1 aromatic heterocycles. The van der Waals surface area contributed by atoms with Crippen molar-refractivity contribution in [1.29, 1.82) is 0 Å². The molecule has 9 heteroatoms. The average Bonchev–Trinajstić information content (AvgIpc) is 3.14. The van der Waals surface area contributed by atoms with Crippen LogP contribution >= 0.6 is 11.8 Å². The number of hydrogen-bond donors (Lipinski definition) is 1. The van der Waals surface area contributed by atoms with E-state index in [-0.39, 0.29) is 11.7 Å². The van der Waals surface area contributed by atoms with Gasteiger partial charge in [-0.3, -0.25) is 14.2 Å². The molecular formula is C17H21N5O3S. The Bertz CT molecular complexity index is 794. The van der Waals surface area contributed by atoms with Gasteiger partial charge in [0.2, 0.25) is 11.8 Å². The highest BCUT2D eigenvalue weighted by atomic mass is 32.2. The summed E-state index contributed by atoms with van der Waals surface area (Å²) in [5.74, 6) is 0.342. The van der Waals surface area contributed by atoms with Gasteiger partial charge in [-0.05, 0) is 31.4 Å². The minimum atomic E-state index is -0.506. The van der Waals surface area contributed by atoms with Crippen molar-refractivity contribution in [2.24, 2.45) is 5.73 Å². The molecule has 3 rings (SSSR count). The number of rotatable bonds is 6. The molecule has 1 atom stereocenters. The van der Waals surface area contributed by atoms with Crippen LogP contribution in [0.3, 0.4) is 0 Å². The first-order valence-electron chi connectivity index (χ1n) is 8.36. The third-order valence-corrected chi connectivity index (χ3v) is 5.25. The van der Waals surface area contributed by atoms with Crippen LogP contribution in [0.25, 0.3) is 5.69 Å². The molecule has 1 fully saturated rings. The SMILES string of the molecule is COc1cccc(-n2cnnc2SCC(=O)N2CCCC[C@@H]2C(N)=O)c1. The Balaban J connectivity index is 1.69. The standard InChI is InChI=1S/C17H21N5O3S/c1-25-13-6-4-5-12(9-13)22-11-19-20-17(22)26-10-15(23)21-8-3-2-7-14(21)16(18)24/h4-6,9,11,14H,2-3,7-8,10H2,1H3,(H2,18,24)/t14-/m1/s1. The highest BCUT2D eigenvalue weighted by Crippen LogP contribution is 2.24. The van der Waals surface area contributed by atoms with Crippen LogP contribution in [0.2, 0.25) is 0 Å². The molecule has 0 aliphatic carbocycles. The molecule has 0 bridgehead atoms. The number of benzene rings is 1. The predicted octanol–water partition coefficient (Wildman–Crippen LogP) is 1.23. The molecule has 0 spiro atoms. The Hall–Kier alpha value is -2.55. The lowest BCUT2D eigenvalue weighted by molar-refractivity contribution is -0.138. The summed E-state index contributed by atoms with van der Waals surface area (Å²) in [5, 5.41) is 8.63. The second-order valence-electron chi connectivity index (χ2n) is 5.97. The van der Waals surface area contributed by atoms with Crippen molar-refractivity contribution in [3.8, 4) is 11.4 Å². The van der Waals surface area contributed by atoms with Crippen LogP contribution in [0, 0.1) is 0 Å². The number of methoxy groups -OCH3 is 1. The summed E-state index contributed by atoms with van der Waals surface area (Å²) in [6.07, 6.45) is 4.02. The minimum absolute atomic E-state index is 0.112. The summed E-state index contributed by atoms with van der Waals surface area (Å²) in [4.78, 5) is 25.7. The fourth-order valence-electron chi connectivity index (χ4n) is 3.00. The number of likely N-dealkylation sites (tertiary alicyclic amines) is 1. The van der Waals surface area contributed by atoms with Crippen LogP contribution in [-0.4, -0.2) is 56.9 Å². The molecule has 1 aromatic carbocycles. The lowest BCUT2D eigenvalue weighted by Crippen LogP contribution is -2.51. The van der Waals surface area contributed by atoms with E-state index in [1.54, 1.807) is 22.9 Å². The number of piperidine rings is 1. The quantitative estimate of drug-likeness (QED) is 0.762. The van der Waals surface area contributed by atoms with Crippen molar-refractivity contribution in [3.63, 3.8) is 0 Å². The van der Waals surface area contributed by atoms with Gasteiger partial charge in [-0.15, -0.1) is 10.2 Å². The number of nitrogens with two attached hydrogens (primary N) is 1. The van der Waals surface area contributed by atoms with Gasteiger partial charge in [0, 0.05) is 12.6 Å². The number of primary amides is 1. The number of hydrogen-bond acceptors (Lipinski definition) is 6. The molecule has 0 radical (unpaired) electrons. The topological polar surface area (TPSA) is 103 Å². The molecule has 1 saturated heterocycles. The summed E-state index contributed by atoms with van der Waals surface area (Å²) in [5.41, 5.74) is 6.28. The van der Waals surface area contributed by atoms with Crippen LogP contribution in [-0.2, 0) is 9.59 Å². The number of ether oxygens (including phenoxy) is 1. The summed E-state index contributed by atoms with van der Waals surface area (Å²) < 4.78 is 7.03. The highest BCUT2D eigenvalue weighted by molar-refractivity contribution is 7.99. The van der Waals surface area contributed by atoms with Crippen LogP contribution in [0.15, 0.2) is 35.7 Å². The number of carbonyl (C=O) groups is 2. The normalized spacial score (nSPS) is 17.1. The molecule has 2 N–H and O–H groups in total. The fraction of sp³-hybridized carbons (Fsp3) is 0.412. The Morgan fingerprint density at radius 1 is 1.38 bits per heavy atom. The zero-order chi connectivity index (χ0) is 18.5. The lowest BCUT2D eigenvalue weighted by atomic mass is 10.0. The predicted molar refractivity (Wildman–Crippen MR) is 97.2 cm³/mol. The monoisotopic (exact) mass is 375 g/mol. The Kier molecular flexibility index (Phi) is 5.77. The number of amides is 2. The molecule has 26 heavy (non-hydrogen) atoms. The zero-order valence-corrected chi connectivity index (χ0v) is 15.3. The second-order valence-corrected chi connectivity index (χ2v) is 6.92. The van der Waals surface area contributed by atoms with E-state index in [4.69, 9.17) is 10.5 Å². The van der Waals surface area contributed by atoms with Crippen LogP contribution in [0.5, 0.6) is 5.75 Å². The second kappa shape index (κ2) is 8.22. The largest absolute Gasteiger partial charge is 0.497 e. The van der Waals surface area contributed by atoms with Crippen molar-refractivity contribution in [1.82, 2.24) is 19.7 Å². The molecule has 1 aliphatic heterocycles. The number of nitrogens with zero attached hydrogens (tertiary/aromatic N) is 4. The molecule has 8 nitrogen and oxygen atoms in total. The van der Waals surface area contributed by atoms with E-state index in [2.05, 4.69) is 10.2 Å². The molecular weight excluding hydrogens is 354 g/mol. The first-order chi connectivity index (χ1) is 12.6. The van der Waals surface area contributed by atoms with Gasteiger partial charge in [-0.1, -0.05) is 17.8 Å². The highest BCUT2D eigenvalue weighted by Gasteiger charge is 2.30. The number of carbonyl (C=O) groups excluding carboxylic acids is 2. The molecule has 0 saturated carbocycles. The molecule has 138 valence electrons. The van der Waals surface area contributed by atoms with Crippen molar-refractivity contribution in [2.75, 3.05) is 19.4 Å².